The highest BCUT2D eigenvalue weighted by Crippen LogP contribution is 2.23. The van der Waals surface area contributed by atoms with Gasteiger partial charge in [-0.05, 0) is 62.5 Å². The second-order valence-corrected chi connectivity index (χ2v) is 6.73. The number of Topliss-reactive ketones (excluding diaryl/α,β-unsaturated/α-hetero) is 1. The smallest absolute Gasteiger partial charge is 0.207 e. The summed E-state index contributed by atoms with van der Waals surface area (Å²) in [5, 5.41) is 0. The molecule has 1 aromatic rings. The van der Waals surface area contributed by atoms with Gasteiger partial charge in [-0.25, -0.2) is 0 Å². The van der Waals surface area contributed by atoms with Crippen LogP contribution in [0.15, 0.2) is 69.6 Å². The summed E-state index contributed by atoms with van der Waals surface area (Å²) in [5.74, 6) is 0.0241. The molecule has 0 atom stereocenters. The molecule has 130 valence electrons. The normalized spacial score (nSPS) is 16.7. The molecule has 2 nitrogen and oxygen atoms in total. The molecule has 0 amide bonds. The molecular formula is C22H25NOS. The number of hydrogen-bond acceptors (Lipinski definition) is 3. The van der Waals surface area contributed by atoms with Crippen LogP contribution >= 0.6 is 12.6 Å². The van der Waals surface area contributed by atoms with E-state index in [-0.39, 0.29) is 5.78 Å². The molecule has 25 heavy (non-hydrogen) atoms. The molecule has 0 aromatic heterocycles. The topological polar surface area (TPSA) is 29.4 Å². The Balaban J connectivity index is 2.03. The highest BCUT2D eigenvalue weighted by atomic mass is 32.1. The Hall–Kier alpha value is -2.13. The Bertz CT molecular complexity index is 809. The van der Waals surface area contributed by atoms with Gasteiger partial charge in [-0.3, -0.25) is 9.79 Å². The molecule has 0 unspecified atom stereocenters. The molecule has 1 aliphatic rings. The molecule has 2 rings (SSSR count). The van der Waals surface area contributed by atoms with Crippen molar-refractivity contribution in [2.24, 2.45) is 4.99 Å². The minimum atomic E-state index is 0.0241. The van der Waals surface area contributed by atoms with Crippen LogP contribution in [0.3, 0.4) is 0 Å². The van der Waals surface area contributed by atoms with Crippen LogP contribution in [0.2, 0.25) is 0 Å². The van der Waals surface area contributed by atoms with Crippen molar-refractivity contribution in [1.29, 1.82) is 0 Å². The molecule has 0 radical (unpaired) electrons. The molecule has 0 fully saturated rings. The monoisotopic (exact) mass is 351 g/mol. The second-order valence-electron chi connectivity index (χ2n) is 6.24. The lowest BCUT2D eigenvalue weighted by atomic mass is 9.90. The van der Waals surface area contributed by atoms with E-state index in [1.54, 1.807) is 0 Å². The highest BCUT2D eigenvalue weighted by molar-refractivity contribution is 7.84. The van der Waals surface area contributed by atoms with E-state index in [1.165, 1.54) is 0 Å². The van der Waals surface area contributed by atoms with Crippen LogP contribution < -0.4 is 0 Å². The van der Waals surface area contributed by atoms with Gasteiger partial charge in [0, 0.05) is 17.0 Å². The van der Waals surface area contributed by atoms with Gasteiger partial charge in [0.15, 0.2) is 0 Å². The van der Waals surface area contributed by atoms with Crippen molar-refractivity contribution < 1.29 is 4.79 Å². The predicted molar refractivity (Wildman–Crippen MR) is 111 cm³/mol. The molecular weight excluding hydrogens is 326 g/mol. The summed E-state index contributed by atoms with van der Waals surface area (Å²) in [6, 6.07) is 7.90. The van der Waals surface area contributed by atoms with Crippen LogP contribution in [0.1, 0.15) is 44.7 Å². The van der Waals surface area contributed by atoms with Crippen molar-refractivity contribution >= 4 is 30.2 Å². The van der Waals surface area contributed by atoms with Gasteiger partial charge < -0.3 is 0 Å². The van der Waals surface area contributed by atoms with Gasteiger partial charge in [0.25, 0.3) is 0 Å². The van der Waals surface area contributed by atoms with E-state index in [2.05, 4.69) is 24.2 Å². The fraction of sp³-hybridized carbons (Fsp3) is 0.273. The van der Waals surface area contributed by atoms with E-state index in [9.17, 15) is 4.79 Å². The minimum absolute atomic E-state index is 0.0241. The first-order valence-corrected chi connectivity index (χ1v) is 8.97. The molecule has 0 spiro atoms. The summed E-state index contributed by atoms with van der Waals surface area (Å²) >= 11 is 4.51. The van der Waals surface area contributed by atoms with Gasteiger partial charge in [-0.1, -0.05) is 42.5 Å². The number of fused-ring (bicyclic) bond motifs is 1. The number of carbonyl (C=O) groups is 1. The summed E-state index contributed by atoms with van der Waals surface area (Å²) in [4.78, 5) is 17.9. The third-order valence-corrected chi connectivity index (χ3v) is 4.70. The van der Waals surface area contributed by atoms with Gasteiger partial charge in [0.2, 0.25) is 5.78 Å². The maximum atomic E-state index is 12.4. The Labute approximate surface area is 156 Å². The first-order chi connectivity index (χ1) is 11.9. The third kappa shape index (κ3) is 4.93. The number of thiol groups is 1. The molecule has 0 bridgehead atoms. The van der Waals surface area contributed by atoms with Crippen molar-refractivity contribution in [3.05, 3.63) is 75.7 Å². The van der Waals surface area contributed by atoms with E-state index >= 15 is 0 Å². The average Bonchev–Trinajstić information content (AvgIpc) is 2.60. The van der Waals surface area contributed by atoms with Gasteiger partial charge in [0.1, 0.15) is 5.71 Å². The molecule has 1 aromatic carbocycles. The summed E-state index contributed by atoms with van der Waals surface area (Å²) in [6.45, 7) is 10.6. The first kappa shape index (κ1) is 19.2. The third-order valence-electron chi connectivity index (χ3n) is 4.25. The molecule has 0 heterocycles. The van der Waals surface area contributed by atoms with E-state index < -0.39 is 0 Å². The molecule has 0 aliphatic heterocycles. The standard InChI is InChI=1S/C22H25NOS/c1-5-15(2)13-20(25)16(3)9-8-12-23-21-19-11-7-6-10-18(19)14-17(4)22(21)24/h5-7,10-11,13-14,25H,3,8-9,12H2,1-2,4H3/b15-5-,20-13+,23-21?. The summed E-state index contributed by atoms with van der Waals surface area (Å²) < 4.78 is 0. The molecule has 1 aliphatic carbocycles. The maximum Gasteiger partial charge on any atom is 0.207 e. The lowest BCUT2D eigenvalue weighted by Crippen LogP contribution is -2.21. The van der Waals surface area contributed by atoms with Crippen LogP contribution in [0, 0.1) is 0 Å². The number of nitrogens with zero attached hydrogens (tertiary/aromatic N) is 1. The summed E-state index contributed by atoms with van der Waals surface area (Å²) in [6.07, 6.45) is 7.64. The second kappa shape index (κ2) is 8.82. The zero-order valence-corrected chi connectivity index (χ0v) is 16.1. The van der Waals surface area contributed by atoms with Crippen LogP contribution in [0.4, 0.5) is 0 Å². The lowest BCUT2D eigenvalue weighted by molar-refractivity contribution is -0.109. The van der Waals surface area contributed by atoms with Crippen LogP contribution in [0.25, 0.3) is 6.08 Å². The summed E-state index contributed by atoms with van der Waals surface area (Å²) in [7, 11) is 0. The molecule has 3 heteroatoms. The zero-order valence-electron chi connectivity index (χ0n) is 15.2. The number of ketones is 1. The quantitative estimate of drug-likeness (QED) is 0.405. The van der Waals surface area contributed by atoms with E-state index in [0.717, 1.165) is 45.6 Å². The SMILES string of the molecule is C=C(CCCN=C1C(=O)C(C)=Cc2ccccc21)/C(S)=C\C(C)=C/C. The fourth-order valence-electron chi connectivity index (χ4n) is 2.62. The Morgan fingerprint density at radius 3 is 2.76 bits per heavy atom. The fourth-order valence-corrected chi connectivity index (χ4v) is 2.93. The lowest BCUT2D eigenvalue weighted by Gasteiger charge is -2.15. The van der Waals surface area contributed by atoms with Gasteiger partial charge in [0.05, 0.1) is 0 Å². The Morgan fingerprint density at radius 1 is 1.32 bits per heavy atom. The number of rotatable bonds is 6. The minimum Gasteiger partial charge on any atom is -0.287 e. The molecule has 0 saturated carbocycles. The van der Waals surface area contributed by atoms with Crippen LogP contribution in [-0.4, -0.2) is 18.0 Å². The van der Waals surface area contributed by atoms with Crippen LogP contribution in [0.5, 0.6) is 0 Å². The number of carbonyl (C=O) groups excluding carboxylic acids is 1. The van der Waals surface area contributed by atoms with Crippen molar-refractivity contribution in [2.45, 2.75) is 33.6 Å². The number of aliphatic imine (C=N–C) groups is 1. The number of benzene rings is 1. The zero-order chi connectivity index (χ0) is 18.4. The molecule has 0 N–H and O–H groups in total. The van der Waals surface area contributed by atoms with Crippen molar-refractivity contribution in [3.63, 3.8) is 0 Å². The van der Waals surface area contributed by atoms with E-state index in [0.29, 0.717) is 12.3 Å². The predicted octanol–water partition coefficient (Wildman–Crippen LogP) is 5.58. The number of hydrogen-bond donors (Lipinski definition) is 1. The van der Waals surface area contributed by atoms with E-state index in [1.807, 2.05) is 63.3 Å². The summed E-state index contributed by atoms with van der Waals surface area (Å²) in [5.41, 5.74) is 5.46. The Morgan fingerprint density at radius 2 is 2.04 bits per heavy atom. The first-order valence-electron chi connectivity index (χ1n) is 8.52. The highest BCUT2D eigenvalue weighted by Gasteiger charge is 2.22. The largest absolute Gasteiger partial charge is 0.287 e. The van der Waals surface area contributed by atoms with Gasteiger partial charge in [-0.2, -0.15) is 0 Å². The van der Waals surface area contributed by atoms with E-state index in [4.69, 9.17) is 0 Å². The maximum absolute atomic E-state index is 12.4. The Kier molecular flexibility index (Phi) is 6.77. The number of allylic oxidation sites excluding steroid dienone is 5. The average molecular weight is 352 g/mol. The van der Waals surface area contributed by atoms with Crippen molar-refractivity contribution in [3.8, 4) is 0 Å². The van der Waals surface area contributed by atoms with Crippen molar-refractivity contribution in [2.75, 3.05) is 6.54 Å². The molecule has 0 saturated heterocycles. The van der Waals surface area contributed by atoms with Gasteiger partial charge >= 0.3 is 0 Å². The van der Waals surface area contributed by atoms with Gasteiger partial charge in [-0.15, -0.1) is 12.6 Å². The van der Waals surface area contributed by atoms with Crippen LogP contribution in [-0.2, 0) is 4.79 Å². The van der Waals surface area contributed by atoms with Crippen molar-refractivity contribution in [1.82, 2.24) is 0 Å².